The first-order chi connectivity index (χ1) is 18.2. The Balaban J connectivity index is 1.89. The van der Waals surface area contributed by atoms with Gasteiger partial charge in [0, 0.05) is 25.8 Å². The Hall–Kier alpha value is -3.31. The first-order valence-electron chi connectivity index (χ1n) is 13.2. The number of carbonyl (C=O) groups is 5. The normalized spacial score (nSPS) is 15.1. The quantitative estimate of drug-likeness (QED) is 0.0906. The topological polar surface area (TPSA) is 157 Å². The van der Waals surface area contributed by atoms with Gasteiger partial charge < -0.3 is 25.6 Å². The van der Waals surface area contributed by atoms with Crippen LogP contribution >= 0.6 is 0 Å². The average molecular weight is 532 g/mol. The lowest BCUT2D eigenvalue weighted by Crippen LogP contribution is -2.60. The second-order valence-electron chi connectivity index (χ2n) is 9.85. The van der Waals surface area contributed by atoms with Crippen LogP contribution in [0.4, 0.5) is 0 Å². The van der Waals surface area contributed by atoms with Gasteiger partial charge in [0.25, 0.3) is 0 Å². The zero-order valence-electron chi connectivity index (χ0n) is 22.5. The van der Waals surface area contributed by atoms with Crippen LogP contribution in [-0.2, 0) is 36.8 Å². The fourth-order valence-electron chi connectivity index (χ4n) is 4.76. The summed E-state index contributed by atoms with van der Waals surface area (Å²) < 4.78 is 0. The van der Waals surface area contributed by atoms with Gasteiger partial charge in [-0.15, -0.1) is 0 Å². The predicted molar refractivity (Wildman–Crippen MR) is 141 cm³/mol. The van der Waals surface area contributed by atoms with Crippen LogP contribution in [0.5, 0.6) is 0 Å². The zero-order valence-corrected chi connectivity index (χ0v) is 22.5. The van der Waals surface area contributed by atoms with E-state index in [0.29, 0.717) is 57.8 Å². The van der Waals surface area contributed by atoms with E-state index < -0.39 is 29.4 Å². The molecular formula is C27H41N5O6. The second kappa shape index (κ2) is 15.2. The Labute approximate surface area is 224 Å². The van der Waals surface area contributed by atoms with Gasteiger partial charge in [0.1, 0.15) is 17.9 Å². The highest BCUT2D eigenvalue weighted by Crippen LogP contribution is 2.30. The van der Waals surface area contributed by atoms with Crippen molar-refractivity contribution >= 4 is 29.9 Å². The summed E-state index contributed by atoms with van der Waals surface area (Å²) in [6.45, 7) is 3.60. The maximum absolute atomic E-state index is 13.3. The molecule has 5 N–H and O–H groups in total. The molecule has 0 fully saturated rings. The molecule has 210 valence electrons. The lowest BCUT2D eigenvalue weighted by molar-refractivity contribution is -0.140. The Bertz CT molecular complexity index is 959. The summed E-state index contributed by atoms with van der Waals surface area (Å²) in [7, 11) is 1.74. The monoisotopic (exact) mass is 531 g/mol. The molecule has 1 aliphatic carbocycles. The minimum atomic E-state index is -0.843. The predicted octanol–water partition coefficient (Wildman–Crippen LogP) is 0.626. The molecule has 11 nitrogen and oxygen atoms in total. The Morgan fingerprint density at radius 2 is 1.71 bits per heavy atom. The van der Waals surface area contributed by atoms with Gasteiger partial charge in [0.05, 0.1) is 12.6 Å². The van der Waals surface area contributed by atoms with Crippen LogP contribution in [-0.4, -0.2) is 77.8 Å². The van der Waals surface area contributed by atoms with E-state index in [2.05, 4.69) is 16.0 Å². The highest BCUT2D eigenvalue weighted by molar-refractivity contribution is 5.94. The van der Waals surface area contributed by atoms with Crippen molar-refractivity contribution in [3.8, 4) is 0 Å². The molecule has 1 aromatic rings. The van der Waals surface area contributed by atoms with Crippen molar-refractivity contribution < 1.29 is 29.2 Å². The highest BCUT2D eigenvalue weighted by Gasteiger charge is 2.43. The van der Waals surface area contributed by atoms with Crippen LogP contribution in [0, 0.1) is 0 Å². The van der Waals surface area contributed by atoms with Gasteiger partial charge in [-0.3, -0.25) is 24.4 Å². The Morgan fingerprint density at radius 1 is 1.05 bits per heavy atom. The third kappa shape index (κ3) is 8.63. The van der Waals surface area contributed by atoms with E-state index in [0.717, 1.165) is 11.1 Å². The molecule has 0 spiro atoms. The minimum Gasteiger partial charge on any atom is -0.345 e. The zero-order chi connectivity index (χ0) is 28.1. The molecule has 2 rings (SSSR count). The molecule has 0 saturated carbocycles. The molecule has 0 aliphatic heterocycles. The molecular weight excluding hydrogens is 490 g/mol. The second-order valence-corrected chi connectivity index (χ2v) is 9.85. The van der Waals surface area contributed by atoms with Crippen molar-refractivity contribution in [2.24, 2.45) is 0 Å². The van der Waals surface area contributed by atoms with Crippen LogP contribution in [0.25, 0.3) is 0 Å². The van der Waals surface area contributed by atoms with Crippen LogP contribution in [0.2, 0.25) is 0 Å². The van der Waals surface area contributed by atoms with Crippen molar-refractivity contribution in [3.63, 3.8) is 0 Å². The standard InChI is InChI=1S/C27H41N5O6/c1-4-14-32(17-24(35)30-22(18-33)12-6-5-7-13-23(34)31-38)25(36)19(2)29-26(37)27(28-3)15-20-10-8-9-11-21(20)16-27/h8-11,18-19,22,28,38H,4-7,12-17H2,1-3H3,(H,29,37)(H,30,35)(H,31,34). The van der Waals surface area contributed by atoms with Gasteiger partial charge in [-0.25, -0.2) is 5.48 Å². The number of aldehydes is 1. The summed E-state index contributed by atoms with van der Waals surface area (Å²) in [5.74, 6) is -1.57. The van der Waals surface area contributed by atoms with Crippen molar-refractivity contribution in [3.05, 3.63) is 35.4 Å². The minimum absolute atomic E-state index is 0.180. The number of nitrogens with one attached hydrogen (secondary N) is 4. The highest BCUT2D eigenvalue weighted by atomic mass is 16.5. The smallest absolute Gasteiger partial charge is 0.245 e. The van der Waals surface area contributed by atoms with E-state index >= 15 is 0 Å². The van der Waals surface area contributed by atoms with Crippen LogP contribution < -0.4 is 21.4 Å². The molecule has 0 saturated heterocycles. The molecule has 0 aromatic heterocycles. The summed E-state index contributed by atoms with van der Waals surface area (Å²) in [6, 6.07) is 6.34. The van der Waals surface area contributed by atoms with Crippen molar-refractivity contribution in [1.29, 1.82) is 0 Å². The third-order valence-corrected chi connectivity index (χ3v) is 6.93. The van der Waals surface area contributed by atoms with E-state index in [4.69, 9.17) is 5.21 Å². The van der Waals surface area contributed by atoms with Gasteiger partial charge >= 0.3 is 0 Å². The molecule has 4 amide bonds. The molecule has 11 heteroatoms. The van der Waals surface area contributed by atoms with E-state index in [9.17, 15) is 24.0 Å². The summed E-state index contributed by atoms with van der Waals surface area (Å²) in [4.78, 5) is 63.0. The molecule has 38 heavy (non-hydrogen) atoms. The molecule has 2 unspecified atom stereocenters. The number of unbranched alkanes of at least 4 members (excludes halogenated alkanes) is 2. The Morgan fingerprint density at radius 3 is 2.26 bits per heavy atom. The maximum atomic E-state index is 13.3. The van der Waals surface area contributed by atoms with Crippen LogP contribution in [0.3, 0.4) is 0 Å². The number of nitrogens with zero attached hydrogens (tertiary/aromatic N) is 1. The first-order valence-corrected chi connectivity index (χ1v) is 13.2. The number of carbonyl (C=O) groups excluding carboxylic acids is 5. The first kappa shape index (κ1) is 30.9. The largest absolute Gasteiger partial charge is 0.345 e. The molecule has 0 heterocycles. The number of fused-ring (bicyclic) bond motifs is 1. The fraction of sp³-hybridized carbons (Fsp3) is 0.593. The summed E-state index contributed by atoms with van der Waals surface area (Å²) in [6.07, 6.45) is 4.72. The Kier molecular flexibility index (Phi) is 12.4. The number of hydrogen-bond acceptors (Lipinski definition) is 7. The number of amides is 4. The molecule has 1 aromatic carbocycles. The van der Waals surface area contributed by atoms with Gasteiger partial charge in [0.2, 0.25) is 23.6 Å². The third-order valence-electron chi connectivity index (χ3n) is 6.93. The fourth-order valence-corrected chi connectivity index (χ4v) is 4.76. The summed E-state index contributed by atoms with van der Waals surface area (Å²) in [5.41, 5.74) is 2.92. The summed E-state index contributed by atoms with van der Waals surface area (Å²) >= 11 is 0. The van der Waals surface area contributed by atoms with Gasteiger partial charge in [-0.1, -0.05) is 44.0 Å². The molecule has 2 atom stereocenters. The number of hydrogen-bond donors (Lipinski definition) is 5. The van der Waals surface area contributed by atoms with Crippen molar-refractivity contribution in [2.75, 3.05) is 20.1 Å². The number of rotatable bonds is 16. The number of benzene rings is 1. The van der Waals surface area contributed by atoms with Crippen molar-refractivity contribution in [2.45, 2.75) is 82.8 Å². The van der Waals surface area contributed by atoms with E-state index in [1.165, 1.54) is 4.90 Å². The van der Waals surface area contributed by atoms with Gasteiger partial charge in [0.15, 0.2) is 0 Å². The van der Waals surface area contributed by atoms with E-state index in [1.54, 1.807) is 19.5 Å². The maximum Gasteiger partial charge on any atom is 0.245 e. The molecule has 0 bridgehead atoms. The molecule has 1 aliphatic rings. The van der Waals surface area contributed by atoms with Crippen molar-refractivity contribution in [1.82, 2.24) is 26.3 Å². The summed E-state index contributed by atoms with van der Waals surface area (Å²) in [5, 5.41) is 17.1. The lowest BCUT2D eigenvalue weighted by atomic mass is 9.94. The van der Waals surface area contributed by atoms with Crippen LogP contribution in [0.15, 0.2) is 24.3 Å². The number of likely N-dealkylation sites (N-methyl/N-ethyl adjacent to an activating group) is 1. The SMILES string of the molecule is CCCN(CC(=O)NC(C=O)CCCCCC(=O)NO)C(=O)C(C)NC(=O)C1(NC)Cc2ccccc2C1. The van der Waals surface area contributed by atoms with Gasteiger partial charge in [-0.2, -0.15) is 0 Å². The van der Waals surface area contributed by atoms with E-state index in [1.807, 2.05) is 31.2 Å². The van der Waals surface area contributed by atoms with Gasteiger partial charge in [-0.05, 0) is 44.4 Å². The number of hydroxylamine groups is 1. The lowest BCUT2D eigenvalue weighted by Gasteiger charge is -2.31. The van der Waals surface area contributed by atoms with E-state index in [-0.39, 0.29) is 24.8 Å². The average Bonchev–Trinajstić information content (AvgIpc) is 3.31. The molecule has 0 radical (unpaired) electrons. The van der Waals surface area contributed by atoms with Crippen LogP contribution in [0.1, 0.15) is 63.5 Å².